The van der Waals surface area contributed by atoms with Gasteiger partial charge in [0.05, 0.1) is 5.69 Å². The van der Waals surface area contributed by atoms with E-state index < -0.39 is 11.9 Å². The molecule has 1 aromatic heterocycles. The predicted molar refractivity (Wildman–Crippen MR) is 46.1 cm³/mol. The standard InChI is InChI=1S/C9H8N2O4/c12-8-9(13)15-11-6-4-2-1-3-5(6)7(10-11)14-8/h1-4H2. The lowest BCUT2D eigenvalue weighted by molar-refractivity contribution is -0.162. The maximum Gasteiger partial charge on any atom is 0.443 e. The van der Waals surface area contributed by atoms with Crippen LogP contribution in [0.5, 0.6) is 5.88 Å². The number of ether oxygens (including phenoxy) is 1. The third kappa shape index (κ3) is 1.14. The van der Waals surface area contributed by atoms with Gasteiger partial charge in [0.15, 0.2) is 0 Å². The van der Waals surface area contributed by atoms with E-state index in [0.717, 1.165) is 41.8 Å². The van der Waals surface area contributed by atoms with Crippen molar-refractivity contribution in [3.63, 3.8) is 0 Å². The highest BCUT2D eigenvalue weighted by atomic mass is 16.7. The van der Waals surface area contributed by atoms with Gasteiger partial charge in [-0.2, -0.15) is 0 Å². The number of rotatable bonds is 0. The number of hydrogen-bond donors (Lipinski definition) is 0. The maximum atomic E-state index is 11.1. The highest BCUT2D eigenvalue weighted by Gasteiger charge is 2.32. The Balaban J connectivity index is 2.13. The van der Waals surface area contributed by atoms with Gasteiger partial charge in [0, 0.05) is 5.56 Å². The third-order valence-electron chi connectivity index (χ3n) is 2.63. The van der Waals surface area contributed by atoms with Crippen molar-refractivity contribution < 1.29 is 19.2 Å². The monoisotopic (exact) mass is 208 g/mol. The average molecular weight is 208 g/mol. The number of esters is 1. The van der Waals surface area contributed by atoms with Crippen LogP contribution in [0.4, 0.5) is 0 Å². The van der Waals surface area contributed by atoms with E-state index in [-0.39, 0.29) is 5.88 Å². The summed E-state index contributed by atoms with van der Waals surface area (Å²) in [5, 5.41) is 3.92. The number of carbonyl (C=O) groups is 2. The molecule has 0 spiro atoms. The molecule has 6 heteroatoms. The van der Waals surface area contributed by atoms with Gasteiger partial charge in [-0.15, -0.1) is 0 Å². The first-order valence-electron chi connectivity index (χ1n) is 4.81. The lowest BCUT2D eigenvalue weighted by atomic mass is 9.98. The highest BCUT2D eigenvalue weighted by Crippen LogP contribution is 2.29. The number of fused-ring (bicyclic) bond motifs is 5. The Morgan fingerprint density at radius 3 is 2.80 bits per heavy atom. The fourth-order valence-electron chi connectivity index (χ4n) is 1.94. The summed E-state index contributed by atoms with van der Waals surface area (Å²) in [6.45, 7) is 0. The summed E-state index contributed by atoms with van der Waals surface area (Å²) in [5.74, 6) is -1.81. The zero-order valence-corrected chi connectivity index (χ0v) is 7.86. The Labute approximate surface area is 84.7 Å². The molecule has 1 aliphatic carbocycles. The van der Waals surface area contributed by atoms with Crippen molar-refractivity contribution in [2.24, 2.45) is 0 Å². The van der Waals surface area contributed by atoms with Crippen LogP contribution in [0.1, 0.15) is 24.1 Å². The quantitative estimate of drug-likeness (QED) is 0.430. The van der Waals surface area contributed by atoms with Crippen molar-refractivity contribution in [1.29, 1.82) is 0 Å². The highest BCUT2D eigenvalue weighted by molar-refractivity contribution is 6.30. The molecule has 3 rings (SSSR count). The van der Waals surface area contributed by atoms with Crippen molar-refractivity contribution in [3.8, 4) is 5.88 Å². The molecule has 0 fully saturated rings. The second-order valence-corrected chi connectivity index (χ2v) is 3.58. The van der Waals surface area contributed by atoms with Crippen LogP contribution in [0.25, 0.3) is 0 Å². The van der Waals surface area contributed by atoms with Crippen molar-refractivity contribution >= 4 is 11.9 Å². The van der Waals surface area contributed by atoms with Gasteiger partial charge in [0.1, 0.15) is 0 Å². The second-order valence-electron chi connectivity index (χ2n) is 3.58. The van der Waals surface area contributed by atoms with Crippen LogP contribution in [0.2, 0.25) is 0 Å². The zero-order valence-electron chi connectivity index (χ0n) is 7.86. The maximum absolute atomic E-state index is 11.1. The molecule has 2 aliphatic rings. The van der Waals surface area contributed by atoms with E-state index in [1.165, 1.54) is 0 Å². The number of hydrogen-bond acceptors (Lipinski definition) is 5. The second kappa shape index (κ2) is 2.82. The minimum Gasteiger partial charge on any atom is -0.397 e. The van der Waals surface area contributed by atoms with E-state index >= 15 is 0 Å². The Bertz CT molecular complexity index is 422. The van der Waals surface area contributed by atoms with Gasteiger partial charge in [-0.1, -0.05) is 9.94 Å². The van der Waals surface area contributed by atoms with Crippen LogP contribution in [0.3, 0.4) is 0 Å². The van der Waals surface area contributed by atoms with E-state index in [1.54, 1.807) is 0 Å². The van der Waals surface area contributed by atoms with Crippen LogP contribution in [0, 0.1) is 0 Å². The molecule has 0 aromatic carbocycles. The minimum absolute atomic E-state index is 0.223. The number of nitrogens with zero attached hydrogens (tertiary/aromatic N) is 2. The normalized spacial score (nSPS) is 18.9. The topological polar surface area (TPSA) is 70.4 Å². The fraction of sp³-hybridized carbons (Fsp3) is 0.444. The molecular formula is C9H8N2O4. The summed E-state index contributed by atoms with van der Waals surface area (Å²) in [7, 11) is 0. The van der Waals surface area contributed by atoms with Crippen LogP contribution in [-0.2, 0) is 22.4 Å². The first-order chi connectivity index (χ1) is 7.25. The molecule has 1 aromatic rings. The molecule has 0 N–H and O–H groups in total. The molecular weight excluding hydrogens is 200 g/mol. The largest absolute Gasteiger partial charge is 0.443 e. The summed E-state index contributed by atoms with van der Waals surface area (Å²) >= 11 is 0. The van der Waals surface area contributed by atoms with Crippen LogP contribution >= 0.6 is 0 Å². The molecule has 6 nitrogen and oxygen atoms in total. The predicted octanol–water partition coefficient (Wildman–Crippen LogP) is -0.364. The molecule has 2 heterocycles. The molecule has 2 bridgehead atoms. The third-order valence-corrected chi connectivity index (χ3v) is 2.63. The Morgan fingerprint density at radius 1 is 1.13 bits per heavy atom. The molecule has 0 unspecified atom stereocenters. The number of aromatic nitrogens is 2. The number of carbonyl (C=O) groups excluding carboxylic acids is 2. The lowest BCUT2D eigenvalue weighted by Gasteiger charge is -2.13. The fourth-order valence-corrected chi connectivity index (χ4v) is 1.94. The summed E-state index contributed by atoms with van der Waals surface area (Å²) in [6.07, 6.45) is 3.68. The molecule has 0 atom stereocenters. The van der Waals surface area contributed by atoms with Gasteiger partial charge in [0.2, 0.25) is 5.88 Å². The molecule has 15 heavy (non-hydrogen) atoms. The SMILES string of the molecule is O=C1Oc2nn(c3c2CCCC3)OC1=O. The van der Waals surface area contributed by atoms with Gasteiger partial charge in [-0.25, -0.2) is 9.59 Å². The first-order valence-corrected chi connectivity index (χ1v) is 4.81. The summed E-state index contributed by atoms with van der Waals surface area (Å²) in [6, 6.07) is 0. The Hall–Kier alpha value is -1.85. The zero-order chi connectivity index (χ0) is 10.4. The van der Waals surface area contributed by atoms with Gasteiger partial charge in [-0.05, 0) is 25.7 Å². The summed E-state index contributed by atoms with van der Waals surface area (Å²) in [5.41, 5.74) is 1.74. The lowest BCUT2D eigenvalue weighted by Crippen LogP contribution is -2.31. The van der Waals surface area contributed by atoms with E-state index in [1.807, 2.05) is 0 Å². The molecule has 78 valence electrons. The van der Waals surface area contributed by atoms with Crippen molar-refractivity contribution in [1.82, 2.24) is 9.94 Å². The van der Waals surface area contributed by atoms with Crippen LogP contribution in [-0.4, -0.2) is 21.9 Å². The molecule has 0 radical (unpaired) electrons. The van der Waals surface area contributed by atoms with Gasteiger partial charge in [0.25, 0.3) is 0 Å². The van der Waals surface area contributed by atoms with Crippen LogP contribution < -0.4 is 9.57 Å². The minimum atomic E-state index is -1.02. The van der Waals surface area contributed by atoms with Crippen molar-refractivity contribution in [3.05, 3.63) is 11.3 Å². The summed E-state index contributed by atoms with van der Waals surface area (Å²) < 4.78 is 4.82. The van der Waals surface area contributed by atoms with E-state index in [2.05, 4.69) is 5.10 Å². The van der Waals surface area contributed by atoms with Crippen LogP contribution in [0.15, 0.2) is 0 Å². The Morgan fingerprint density at radius 2 is 1.93 bits per heavy atom. The van der Waals surface area contributed by atoms with Crippen molar-refractivity contribution in [2.45, 2.75) is 25.7 Å². The van der Waals surface area contributed by atoms with Gasteiger partial charge < -0.3 is 9.57 Å². The van der Waals surface area contributed by atoms with Crippen molar-refractivity contribution in [2.75, 3.05) is 0 Å². The van der Waals surface area contributed by atoms with E-state index in [4.69, 9.17) is 9.57 Å². The Kier molecular flexibility index (Phi) is 1.59. The first kappa shape index (κ1) is 8.46. The van der Waals surface area contributed by atoms with E-state index in [9.17, 15) is 9.59 Å². The summed E-state index contributed by atoms with van der Waals surface area (Å²) in [4.78, 5) is 28.0. The molecule has 0 saturated heterocycles. The van der Waals surface area contributed by atoms with Gasteiger partial charge in [-0.3, -0.25) is 0 Å². The molecule has 0 saturated carbocycles. The molecule has 0 amide bonds. The van der Waals surface area contributed by atoms with E-state index in [0.29, 0.717) is 0 Å². The van der Waals surface area contributed by atoms with Gasteiger partial charge >= 0.3 is 11.9 Å². The molecule has 1 aliphatic heterocycles. The smallest absolute Gasteiger partial charge is 0.397 e. The average Bonchev–Trinajstić information content (AvgIpc) is 2.49.